The molecule has 8 heteroatoms. The van der Waals surface area contributed by atoms with Gasteiger partial charge in [0.05, 0.1) is 0 Å². The lowest BCUT2D eigenvalue weighted by Gasteiger charge is -2.30. The second-order valence-electron chi connectivity index (χ2n) is 8.21. The van der Waals surface area contributed by atoms with Crippen LogP contribution in [0.15, 0.2) is 90.0 Å². The first-order valence-corrected chi connectivity index (χ1v) is 11.6. The Kier molecular flexibility index (Phi) is 9.33. The summed E-state index contributed by atoms with van der Waals surface area (Å²) in [5.41, 5.74) is 2.66. The quantitative estimate of drug-likeness (QED) is 0.316. The number of carbonyl (C=O) groups is 3. The van der Waals surface area contributed by atoms with Gasteiger partial charge in [0.2, 0.25) is 17.7 Å². The van der Waals surface area contributed by atoms with E-state index >= 15 is 0 Å². The Balaban J connectivity index is 1.79. The fraction of sp³-hybridized carbons (Fsp3) is 0.214. The van der Waals surface area contributed by atoms with Crippen molar-refractivity contribution in [2.24, 2.45) is 0 Å². The van der Waals surface area contributed by atoms with Crippen LogP contribution in [0.5, 0.6) is 0 Å². The number of amides is 3. The van der Waals surface area contributed by atoms with Gasteiger partial charge in [-0.05, 0) is 37.0 Å². The molecule has 2 aromatic carbocycles. The van der Waals surface area contributed by atoms with Gasteiger partial charge >= 0.3 is 0 Å². The van der Waals surface area contributed by atoms with Crippen LogP contribution in [-0.4, -0.2) is 40.9 Å². The second kappa shape index (κ2) is 12.9. The van der Waals surface area contributed by atoms with E-state index in [0.717, 1.165) is 23.3 Å². The fourth-order valence-electron chi connectivity index (χ4n) is 3.71. The summed E-state index contributed by atoms with van der Waals surface area (Å²) in [5, 5.41) is 9.18. The first kappa shape index (κ1) is 26.2. The number of hydrogen-bond donors (Lipinski definition) is 2. The number of carbonyl (C=O) groups excluding carboxylic acids is 3. The van der Waals surface area contributed by atoms with Gasteiger partial charge in [-0.15, -0.1) is 6.58 Å². The van der Waals surface area contributed by atoms with Crippen LogP contribution in [0.3, 0.4) is 0 Å². The molecule has 0 aliphatic carbocycles. The largest absolute Gasteiger partial charge is 0.360 e. The number of nitrogens with zero attached hydrogens (tertiary/aromatic N) is 2. The van der Waals surface area contributed by atoms with Gasteiger partial charge in [-0.1, -0.05) is 65.8 Å². The number of aromatic nitrogens is 1. The molecule has 0 saturated heterocycles. The van der Waals surface area contributed by atoms with Gasteiger partial charge in [-0.3, -0.25) is 14.4 Å². The maximum Gasteiger partial charge on any atom is 0.249 e. The minimum Gasteiger partial charge on any atom is -0.360 e. The van der Waals surface area contributed by atoms with E-state index < -0.39 is 17.9 Å². The summed E-state index contributed by atoms with van der Waals surface area (Å²) in [6.45, 7) is 7.86. The van der Waals surface area contributed by atoms with Crippen molar-refractivity contribution in [1.29, 1.82) is 0 Å². The van der Waals surface area contributed by atoms with Gasteiger partial charge in [0.15, 0.2) is 5.82 Å². The lowest BCUT2D eigenvalue weighted by atomic mass is 9.98. The van der Waals surface area contributed by atoms with Crippen LogP contribution in [-0.2, 0) is 20.8 Å². The fourth-order valence-corrected chi connectivity index (χ4v) is 3.71. The molecule has 0 aliphatic rings. The van der Waals surface area contributed by atoms with Crippen LogP contribution in [0.1, 0.15) is 28.5 Å². The van der Waals surface area contributed by atoms with Crippen LogP contribution in [0.25, 0.3) is 0 Å². The zero-order chi connectivity index (χ0) is 25.9. The Morgan fingerprint density at radius 2 is 1.78 bits per heavy atom. The van der Waals surface area contributed by atoms with Crippen molar-refractivity contribution in [3.63, 3.8) is 0 Å². The van der Waals surface area contributed by atoms with Gasteiger partial charge in [0.25, 0.3) is 0 Å². The van der Waals surface area contributed by atoms with Crippen LogP contribution in [0, 0.1) is 13.8 Å². The van der Waals surface area contributed by atoms with E-state index in [4.69, 9.17) is 4.52 Å². The molecule has 8 nitrogen and oxygen atoms in total. The molecule has 36 heavy (non-hydrogen) atoms. The summed E-state index contributed by atoms with van der Waals surface area (Å²) in [5.74, 6) is -0.579. The predicted octanol–water partition coefficient (Wildman–Crippen LogP) is 3.90. The molecule has 0 saturated carbocycles. The first-order chi connectivity index (χ1) is 17.4. The van der Waals surface area contributed by atoms with E-state index in [9.17, 15) is 14.4 Å². The van der Waals surface area contributed by atoms with Crippen molar-refractivity contribution in [2.75, 3.05) is 18.4 Å². The second-order valence-corrected chi connectivity index (χ2v) is 8.21. The highest BCUT2D eigenvalue weighted by Crippen LogP contribution is 2.25. The van der Waals surface area contributed by atoms with Gasteiger partial charge in [-0.2, -0.15) is 0 Å². The van der Waals surface area contributed by atoms with E-state index in [-0.39, 0.29) is 18.3 Å². The predicted molar refractivity (Wildman–Crippen MR) is 138 cm³/mol. The molecule has 186 valence electrons. The summed E-state index contributed by atoms with van der Waals surface area (Å²) in [7, 11) is 0. The molecule has 0 radical (unpaired) electrons. The zero-order valence-corrected chi connectivity index (χ0v) is 20.4. The number of rotatable bonds is 11. The SMILES string of the molecule is C=CCN(C(=O)/C=C/C(=O)Nc1cc(C)on1)[C@H](C(=O)NCCc1ccccc1)c1ccccc1C. The van der Waals surface area contributed by atoms with E-state index in [2.05, 4.69) is 22.4 Å². The third-order valence-electron chi connectivity index (χ3n) is 5.46. The van der Waals surface area contributed by atoms with Crippen molar-refractivity contribution in [3.8, 4) is 0 Å². The number of anilines is 1. The van der Waals surface area contributed by atoms with Crippen LogP contribution in [0.4, 0.5) is 5.82 Å². The lowest BCUT2D eigenvalue weighted by Crippen LogP contribution is -2.44. The van der Waals surface area contributed by atoms with Gasteiger partial charge < -0.3 is 20.1 Å². The summed E-state index contributed by atoms with van der Waals surface area (Å²) in [4.78, 5) is 40.3. The number of benzene rings is 2. The molecule has 3 rings (SSSR count). The molecule has 0 unspecified atom stereocenters. The first-order valence-electron chi connectivity index (χ1n) is 11.6. The van der Waals surface area contributed by atoms with Gasteiger partial charge in [0, 0.05) is 31.3 Å². The Bertz CT molecular complexity index is 1230. The highest BCUT2D eigenvalue weighted by Gasteiger charge is 2.30. The van der Waals surface area contributed by atoms with Crippen molar-refractivity contribution in [1.82, 2.24) is 15.4 Å². The van der Waals surface area contributed by atoms with Crippen LogP contribution in [0.2, 0.25) is 0 Å². The van der Waals surface area contributed by atoms with Crippen LogP contribution >= 0.6 is 0 Å². The van der Waals surface area contributed by atoms with Crippen molar-refractivity contribution < 1.29 is 18.9 Å². The molecule has 2 N–H and O–H groups in total. The number of aryl methyl sites for hydroxylation is 2. The standard InChI is InChI=1S/C28H30N4O4/c1-4-18-32(26(34)15-14-25(33)30-24-19-21(3)36-31-24)27(23-13-9-8-10-20(23)2)28(35)29-17-16-22-11-6-5-7-12-22/h4-15,19,27H,1,16-18H2,2-3H3,(H,29,35)(H,30,31,33)/b15-14+/t27-/m0/s1. The van der Waals surface area contributed by atoms with Crippen LogP contribution < -0.4 is 10.6 Å². The Labute approximate surface area is 210 Å². The Hall–Kier alpha value is -4.46. The maximum absolute atomic E-state index is 13.4. The number of nitrogens with one attached hydrogen (secondary N) is 2. The highest BCUT2D eigenvalue weighted by molar-refractivity contribution is 6.03. The monoisotopic (exact) mass is 486 g/mol. The summed E-state index contributed by atoms with van der Waals surface area (Å²) in [6, 6.07) is 17.9. The highest BCUT2D eigenvalue weighted by atomic mass is 16.5. The van der Waals surface area contributed by atoms with Crippen molar-refractivity contribution in [3.05, 3.63) is 108 Å². The average molecular weight is 487 g/mol. The minimum atomic E-state index is -0.904. The molecular weight excluding hydrogens is 456 g/mol. The van der Waals surface area contributed by atoms with Gasteiger partial charge in [0.1, 0.15) is 11.8 Å². The van der Waals surface area contributed by atoms with Gasteiger partial charge in [-0.25, -0.2) is 0 Å². The topological polar surface area (TPSA) is 105 Å². The number of hydrogen-bond acceptors (Lipinski definition) is 5. The summed E-state index contributed by atoms with van der Waals surface area (Å²) >= 11 is 0. The molecule has 3 amide bonds. The molecule has 3 aromatic rings. The minimum absolute atomic E-state index is 0.110. The molecule has 0 spiro atoms. The molecule has 1 atom stereocenters. The van der Waals surface area contributed by atoms with E-state index in [1.807, 2.05) is 61.5 Å². The van der Waals surface area contributed by atoms with E-state index in [1.165, 1.54) is 4.90 Å². The van der Waals surface area contributed by atoms with E-state index in [0.29, 0.717) is 24.3 Å². The molecule has 1 aromatic heterocycles. The molecule has 1 heterocycles. The Morgan fingerprint density at radius 1 is 1.06 bits per heavy atom. The third kappa shape index (κ3) is 7.27. The Morgan fingerprint density at radius 3 is 2.44 bits per heavy atom. The third-order valence-corrected chi connectivity index (χ3v) is 5.46. The zero-order valence-electron chi connectivity index (χ0n) is 20.4. The molecule has 0 fully saturated rings. The molecule has 0 bridgehead atoms. The van der Waals surface area contributed by atoms with Crippen molar-refractivity contribution >= 4 is 23.5 Å². The maximum atomic E-state index is 13.4. The van der Waals surface area contributed by atoms with E-state index in [1.54, 1.807) is 19.1 Å². The average Bonchev–Trinajstić information content (AvgIpc) is 3.28. The normalized spacial score (nSPS) is 11.6. The van der Waals surface area contributed by atoms with Crippen molar-refractivity contribution in [2.45, 2.75) is 26.3 Å². The summed E-state index contributed by atoms with van der Waals surface area (Å²) < 4.78 is 4.92. The lowest BCUT2D eigenvalue weighted by molar-refractivity contribution is -0.137. The smallest absolute Gasteiger partial charge is 0.249 e. The molecule has 0 aliphatic heterocycles. The summed E-state index contributed by atoms with van der Waals surface area (Å²) in [6.07, 6.45) is 4.44. The molecular formula is C28H30N4O4.